The third-order valence-electron chi connectivity index (χ3n) is 5.76. The number of likely N-dealkylation sites (N-methyl/N-ethyl adjacent to an activating group) is 1. The monoisotopic (exact) mass is 452 g/mol. The Hall–Kier alpha value is -4.19. The molecule has 4 aromatic rings. The van der Waals surface area contributed by atoms with Crippen LogP contribution in [0.25, 0.3) is 16.9 Å². The highest BCUT2D eigenvalue weighted by atomic mass is 16.2. The Morgan fingerprint density at radius 3 is 2.18 bits per heavy atom. The van der Waals surface area contributed by atoms with Crippen molar-refractivity contribution in [3.05, 3.63) is 101 Å². The van der Waals surface area contributed by atoms with E-state index in [1.54, 1.807) is 17.9 Å². The average molecular weight is 453 g/mol. The van der Waals surface area contributed by atoms with Crippen LogP contribution in [-0.2, 0) is 4.79 Å². The second-order valence-corrected chi connectivity index (χ2v) is 8.51. The molecular formula is C28H28N4O2. The summed E-state index contributed by atoms with van der Waals surface area (Å²) in [6, 6.07) is 23.4. The predicted octanol–water partition coefficient (Wildman–Crippen LogP) is 5.18. The van der Waals surface area contributed by atoms with Crippen molar-refractivity contribution < 1.29 is 9.59 Å². The van der Waals surface area contributed by atoms with Crippen molar-refractivity contribution in [3.63, 3.8) is 0 Å². The van der Waals surface area contributed by atoms with E-state index >= 15 is 0 Å². The lowest BCUT2D eigenvalue weighted by molar-refractivity contribution is -0.116. The first-order valence-corrected chi connectivity index (χ1v) is 11.2. The highest BCUT2D eigenvalue weighted by Gasteiger charge is 2.23. The Balaban J connectivity index is 1.61. The van der Waals surface area contributed by atoms with Crippen LogP contribution in [0, 0.1) is 20.8 Å². The van der Waals surface area contributed by atoms with Gasteiger partial charge in [-0.3, -0.25) is 9.59 Å². The summed E-state index contributed by atoms with van der Waals surface area (Å²) in [5.74, 6) is -0.519. The van der Waals surface area contributed by atoms with Gasteiger partial charge in [-0.2, -0.15) is 5.10 Å². The molecule has 0 spiro atoms. The SMILES string of the molecule is Cc1ccc(-n2cc(C(=O)N(C)CC(=O)Nc3c(C)cccc3C)c(-c3ccccc3)n2)cc1. The van der Waals surface area contributed by atoms with E-state index in [-0.39, 0.29) is 18.4 Å². The van der Waals surface area contributed by atoms with Gasteiger partial charge in [0.15, 0.2) is 0 Å². The molecule has 3 aromatic carbocycles. The molecule has 2 amide bonds. The highest BCUT2D eigenvalue weighted by molar-refractivity contribution is 6.03. The summed E-state index contributed by atoms with van der Waals surface area (Å²) >= 11 is 0. The Morgan fingerprint density at radius 1 is 0.882 bits per heavy atom. The Bertz CT molecular complexity index is 1300. The summed E-state index contributed by atoms with van der Waals surface area (Å²) in [5.41, 5.74) is 6.60. The minimum Gasteiger partial charge on any atom is -0.332 e. The molecule has 0 saturated heterocycles. The molecule has 1 aromatic heterocycles. The zero-order valence-corrected chi connectivity index (χ0v) is 19.9. The summed E-state index contributed by atoms with van der Waals surface area (Å²) in [7, 11) is 1.63. The molecule has 0 aliphatic rings. The number of anilines is 1. The van der Waals surface area contributed by atoms with Crippen LogP contribution < -0.4 is 5.32 Å². The van der Waals surface area contributed by atoms with Crippen LogP contribution in [0.2, 0.25) is 0 Å². The lowest BCUT2D eigenvalue weighted by Gasteiger charge is -2.18. The van der Waals surface area contributed by atoms with E-state index in [0.29, 0.717) is 11.3 Å². The van der Waals surface area contributed by atoms with E-state index in [9.17, 15) is 9.59 Å². The van der Waals surface area contributed by atoms with Gasteiger partial charge in [0.25, 0.3) is 5.91 Å². The van der Waals surface area contributed by atoms with Crippen molar-refractivity contribution in [2.24, 2.45) is 0 Å². The number of nitrogens with one attached hydrogen (secondary N) is 1. The summed E-state index contributed by atoms with van der Waals surface area (Å²) < 4.78 is 1.71. The summed E-state index contributed by atoms with van der Waals surface area (Å²) in [6.07, 6.45) is 1.73. The molecule has 0 atom stereocenters. The summed E-state index contributed by atoms with van der Waals surface area (Å²) in [4.78, 5) is 27.6. The molecule has 1 N–H and O–H groups in total. The van der Waals surface area contributed by atoms with E-state index in [1.165, 1.54) is 4.90 Å². The summed E-state index contributed by atoms with van der Waals surface area (Å²) in [6.45, 7) is 5.85. The number of benzene rings is 3. The lowest BCUT2D eigenvalue weighted by Crippen LogP contribution is -2.35. The Kier molecular flexibility index (Phi) is 6.59. The van der Waals surface area contributed by atoms with Gasteiger partial charge in [-0.15, -0.1) is 0 Å². The Morgan fingerprint density at radius 2 is 1.53 bits per heavy atom. The van der Waals surface area contributed by atoms with Gasteiger partial charge in [0.1, 0.15) is 5.69 Å². The minimum atomic E-state index is -0.270. The van der Waals surface area contributed by atoms with Crippen LogP contribution in [-0.4, -0.2) is 40.1 Å². The van der Waals surface area contributed by atoms with Gasteiger partial charge in [0, 0.05) is 24.5 Å². The van der Waals surface area contributed by atoms with Crippen LogP contribution >= 0.6 is 0 Å². The number of aryl methyl sites for hydroxylation is 3. The topological polar surface area (TPSA) is 67.2 Å². The molecule has 34 heavy (non-hydrogen) atoms. The molecule has 0 fully saturated rings. The number of carbonyl (C=O) groups excluding carboxylic acids is 2. The number of carbonyl (C=O) groups is 2. The standard InChI is InChI=1S/C28H28N4O2/c1-19-13-15-23(16-14-19)32-17-24(27(30-32)22-11-6-5-7-12-22)28(34)31(4)18-25(33)29-26-20(2)9-8-10-21(26)3/h5-17H,18H2,1-4H3,(H,29,33). The lowest BCUT2D eigenvalue weighted by atomic mass is 10.1. The molecule has 0 saturated carbocycles. The summed E-state index contributed by atoms with van der Waals surface area (Å²) in [5, 5.41) is 7.67. The maximum absolute atomic E-state index is 13.5. The maximum atomic E-state index is 13.5. The van der Waals surface area contributed by atoms with Gasteiger partial charge < -0.3 is 10.2 Å². The Labute approximate surface area is 199 Å². The normalized spacial score (nSPS) is 10.7. The van der Waals surface area contributed by atoms with Gasteiger partial charge in [-0.1, -0.05) is 66.2 Å². The molecular weight excluding hydrogens is 424 g/mol. The first kappa shape index (κ1) is 23.0. The average Bonchev–Trinajstić information content (AvgIpc) is 3.27. The van der Waals surface area contributed by atoms with Crippen LogP contribution in [0.15, 0.2) is 79.0 Å². The van der Waals surface area contributed by atoms with Crippen molar-refractivity contribution in [1.82, 2.24) is 14.7 Å². The fourth-order valence-corrected chi connectivity index (χ4v) is 3.85. The van der Waals surface area contributed by atoms with Crippen molar-refractivity contribution in [2.45, 2.75) is 20.8 Å². The van der Waals surface area contributed by atoms with Gasteiger partial charge in [0.05, 0.1) is 17.8 Å². The molecule has 0 aliphatic heterocycles. The molecule has 0 aliphatic carbocycles. The predicted molar refractivity (Wildman–Crippen MR) is 135 cm³/mol. The first-order chi connectivity index (χ1) is 16.3. The fourth-order valence-electron chi connectivity index (χ4n) is 3.85. The smallest absolute Gasteiger partial charge is 0.257 e. The molecule has 4 rings (SSSR count). The van der Waals surface area contributed by atoms with E-state index in [2.05, 4.69) is 5.32 Å². The van der Waals surface area contributed by atoms with Crippen LogP contribution in [0.5, 0.6) is 0 Å². The largest absolute Gasteiger partial charge is 0.332 e. The van der Waals surface area contributed by atoms with Crippen LogP contribution in [0.3, 0.4) is 0 Å². The van der Waals surface area contributed by atoms with Gasteiger partial charge in [0.2, 0.25) is 5.91 Å². The third kappa shape index (κ3) is 4.91. The first-order valence-electron chi connectivity index (χ1n) is 11.2. The zero-order chi connectivity index (χ0) is 24.2. The maximum Gasteiger partial charge on any atom is 0.257 e. The molecule has 0 radical (unpaired) electrons. The molecule has 0 unspecified atom stereocenters. The fraction of sp³-hybridized carbons (Fsp3) is 0.179. The third-order valence-corrected chi connectivity index (χ3v) is 5.76. The quantitative estimate of drug-likeness (QED) is 0.439. The number of hydrogen-bond donors (Lipinski definition) is 1. The molecule has 172 valence electrons. The van der Waals surface area contributed by atoms with Crippen molar-refractivity contribution in [1.29, 1.82) is 0 Å². The van der Waals surface area contributed by atoms with Crippen molar-refractivity contribution >= 4 is 17.5 Å². The minimum absolute atomic E-state index is 0.0729. The zero-order valence-electron chi connectivity index (χ0n) is 19.9. The number of amides is 2. The number of para-hydroxylation sites is 1. The number of nitrogens with zero attached hydrogens (tertiary/aromatic N) is 3. The second kappa shape index (κ2) is 9.75. The van der Waals surface area contributed by atoms with Crippen molar-refractivity contribution in [3.8, 4) is 16.9 Å². The van der Waals surface area contributed by atoms with E-state index < -0.39 is 0 Å². The molecule has 6 nitrogen and oxygen atoms in total. The highest BCUT2D eigenvalue weighted by Crippen LogP contribution is 2.25. The molecule has 6 heteroatoms. The molecule has 1 heterocycles. The van der Waals surface area contributed by atoms with Crippen LogP contribution in [0.1, 0.15) is 27.0 Å². The number of rotatable bonds is 6. The number of aromatic nitrogens is 2. The van der Waals surface area contributed by atoms with Gasteiger partial charge in [-0.25, -0.2) is 4.68 Å². The van der Waals surface area contributed by atoms with E-state index in [1.807, 2.05) is 93.6 Å². The van der Waals surface area contributed by atoms with E-state index in [0.717, 1.165) is 33.6 Å². The van der Waals surface area contributed by atoms with Crippen molar-refractivity contribution in [2.75, 3.05) is 18.9 Å². The van der Waals surface area contributed by atoms with Crippen LogP contribution in [0.4, 0.5) is 5.69 Å². The van der Waals surface area contributed by atoms with Gasteiger partial charge >= 0.3 is 0 Å². The second-order valence-electron chi connectivity index (χ2n) is 8.51. The number of hydrogen-bond acceptors (Lipinski definition) is 3. The molecule has 0 bridgehead atoms. The van der Waals surface area contributed by atoms with E-state index in [4.69, 9.17) is 5.10 Å². The van der Waals surface area contributed by atoms with Gasteiger partial charge in [-0.05, 0) is 44.0 Å².